The summed E-state index contributed by atoms with van der Waals surface area (Å²) in [5.41, 5.74) is 5.67. The van der Waals surface area contributed by atoms with E-state index in [0.29, 0.717) is 18.8 Å². The molecule has 0 unspecified atom stereocenters. The average Bonchev–Trinajstić information content (AvgIpc) is 3.22. The molecule has 1 aliphatic heterocycles. The lowest BCUT2D eigenvalue weighted by Crippen LogP contribution is -2.49. The molecule has 0 spiro atoms. The number of amides is 1. The summed E-state index contributed by atoms with van der Waals surface area (Å²) in [7, 11) is 0. The van der Waals surface area contributed by atoms with Gasteiger partial charge in [-0.25, -0.2) is 9.97 Å². The minimum Gasteiger partial charge on any atom is -0.356 e. The number of hydrogen-bond acceptors (Lipinski definition) is 6. The first-order valence-corrected chi connectivity index (χ1v) is 11.3. The van der Waals surface area contributed by atoms with Crippen LogP contribution in [0.25, 0.3) is 22.2 Å². The fraction of sp³-hybridized carbons (Fsp3) is 0.308. The summed E-state index contributed by atoms with van der Waals surface area (Å²) in [6.45, 7) is 8.74. The maximum Gasteiger partial charge on any atom is 0.228 e. The predicted octanol–water partition coefficient (Wildman–Crippen LogP) is 4.10. The Morgan fingerprint density at radius 3 is 2.48 bits per heavy atom. The number of carbonyl (C=O) groups excluding carboxylic acids is 1. The fourth-order valence-corrected chi connectivity index (χ4v) is 4.55. The van der Waals surface area contributed by atoms with Gasteiger partial charge < -0.3 is 14.3 Å². The quantitative estimate of drug-likeness (QED) is 0.475. The predicted molar refractivity (Wildman–Crippen MR) is 128 cm³/mol. The molecule has 1 amide bonds. The minimum absolute atomic E-state index is 0.0775. The van der Waals surface area contributed by atoms with Crippen molar-refractivity contribution in [2.24, 2.45) is 0 Å². The van der Waals surface area contributed by atoms with Gasteiger partial charge in [0.25, 0.3) is 0 Å². The largest absolute Gasteiger partial charge is 0.356 e. The second-order valence-corrected chi connectivity index (χ2v) is 8.65. The highest BCUT2D eigenvalue weighted by molar-refractivity contribution is 5.88. The molecule has 168 valence electrons. The number of rotatable bonds is 4. The van der Waals surface area contributed by atoms with Crippen LogP contribution >= 0.6 is 0 Å². The lowest BCUT2D eigenvalue weighted by molar-refractivity contribution is -0.130. The van der Waals surface area contributed by atoms with Crippen molar-refractivity contribution in [3.05, 3.63) is 71.2 Å². The molecule has 2 aromatic carbocycles. The van der Waals surface area contributed by atoms with E-state index in [1.165, 1.54) is 0 Å². The Kier molecular flexibility index (Phi) is 5.54. The number of aromatic nitrogens is 3. The summed E-state index contributed by atoms with van der Waals surface area (Å²) < 4.78 is 5.49. The third kappa shape index (κ3) is 4.31. The first-order chi connectivity index (χ1) is 16.0. The fourth-order valence-electron chi connectivity index (χ4n) is 4.55. The van der Waals surface area contributed by atoms with E-state index >= 15 is 0 Å². The van der Waals surface area contributed by atoms with Crippen molar-refractivity contribution < 1.29 is 9.32 Å². The minimum atomic E-state index is 0.0775. The zero-order valence-corrected chi connectivity index (χ0v) is 19.2. The molecular formula is C26H27N5O2. The third-order valence-corrected chi connectivity index (χ3v) is 6.16. The number of aryl methyl sites for hydroxylation is 3. The number of hydrogen-bond donors (Lipinski definition) is 0. The van der Waals surface area contributed by atoms with Gasteiger partial charge in [0.05, 0.1) is 12.1 Å². The molecule has 7 heteroatoms. The summed E-state index contributed by atoms with van der Waals surface area (Å²) in [5, 5.41) is 5.15. The summed E-state index contributed by atoms with van der Waals surface area (Å²) >= 11 is 0. The highest BCUT2D eigenvalue weighted by Gasteiger charge is 2.24. The molecule has 7 nitrogen and oxygen atoms in total. The van der Waals surface area contributed by atoms with E-state index in [0.717, 1.165) is 58.1 Å². The Bertz CT molecular complexity index is 1310. The van der Waals surface area contributed by atoms with E-state index in [2.05, 4.69) is 38.2 Å². The zero-order chi connectivity index (χ0) is 22.9. The number of anilines is 1. The van der Waals surface area contributed by atoms with Gasteiger partial charge in [-0.05, 0) is 38.0 Å². The van der Waals surface area contributed by atoms with Crippen molar-refractivity contribution in [1.29, 1.82) is 0 Å². The standard InChI is InChI=1S/C26H27N5O2/c1-17-13-18(2)26-22(29-33-23(26)14-17)16-25(32)31-11-9-30(10-12-31)24-15-21(27-19(3)28-24)20-7-5-4-6-8-20/h4-8,13-15H,9-12,16H2,1-3H3. The van der Waals surface area contributed by atoms with Crippen LogP contribution in [0.4, 0.5) is 5.82 Å². The molecule has 0 atom stereocenters. The monoisotopic (exact) mass is 441 g/mol. The highest BCUT2D eigenvalue weighted by Crippen LogP contribution is 2.26. The normalized spacial score (nSPS) is 14.2. The molecule has 5 rings (SSSR count). The number of piperazine rings is 1. The molecule has 0 radical (unpaired) electrons. The summed E-state index contributed by atoms with van der Waals surface area (Å²) in [5.74, 6) is 1.73. The van der Waals surface area contributed by atoms with Crippen LogP contribution in [-0.4, -0.2) is 52.1 Å². The van der Waals surface area contributed by atoms with Gasteiger partial charge in [-0.3, -0.25) is 4.79 Å². The Hall–Kier alpha value is -3.74. The van der Waals surface area contributed by atoms with E-state index in [9.17, 15) is 4.79 Å². The Morgan fingerprint density at radius 2 is 1.73 bits per heavy atom. The number of fused-ring (bicyclic) bond motifs is 1. The molecule has 2 aromatic heterocycles. The number of carbonyl (C=O) groups is 1. The van der Waals surface area contributed by atoms with Crippen LogP contribution in [0.1, 0.15) is 22.6 Å². The van der Waals surface area contributed by atoms with Gasteiger partial charge in [0.1, 0.15) is 17.3 Å². The van der Waals surface area contributed by atoms with Crippen LogP contribution in [0.2, 0.25) is 0 Å². The smallest absolute Gasteiger partial charge is 0.228 e. The van der Waals surface area contributed by atoms with Crippen molar-refractivity contribution in [1.82, 2.24) is 20.0 Å². The van der Waals surface area contributed by atoms with E-state index in [1.807, 2.05) is 56.0 Å². The molecular weight excluding hydrogens is 414 g/mol. The van der Waals surface area contributed by atoms with Crippen LogP contribution in [-0.2, 0) is 11.2 Å². The van der Waals surface area contributed by atoms with Crippen LogP contribution in [0.15, 0.2) is 53.1 Å². The Labute approximate surface area is 193 Å². The van der Waals surface area contributed by atoms with E-state index in [4.69, 9.17) is 4.52 Å². The van der Waals surface area contributed by atoms with Crippen molar-refractivity contribution in [2.45, 2.75) is 27.2 Å². The SMILES string of the molecule is Cc1cc(C)c2c(CC(=O)N3CCN(c4cc(-c5ccccc5)nc(C)n4)CC3)noc2c1. The molecule has 1 saturated heterocycles. The Balaban J connectivity index is 1.27. The molecule has 33 heavy (non-hydrogen) atoms. The lowest BCUT2D eigenvalue weighted by Gasteiger charge is -2.35. The van der Waals surface area contributed by atoms with Crippen LogP contribution in [0, 0.1) is 20.8 Å². The van der Waals surface area contributed by atoms with Crippen molar-refractivity contribution in [3.63, 3.8) is 0 Å². The van der Waals surface area contributed by atoms with Gasteiger partial charge in [0, 0.05) is 43.2 Å². The molecule has 4 aromatic rings. The first-order valence-electron chi connectivity index (χ1n) is 11.3. The van der Waals surface area contributed by atoms with Crippen molar-refractivity contribution in [3.8, 4) is 11.3 Å². The second kappa shape index (κ2) is 8.65. The van der Waals surface area contributed by atoms with E-state index in [-0.39, 0.29) is 12.3 Å². The summed E-state index contributed by atoms with van der Waals surface area (Å²) in [6, 6.07) is 16.2. The molecule has 0 aliphatic carbocycles. The maximum atomic E-state index is 13.0. The van der Waals surface area contributed by atoms with Crippen LogP contribution in [0.3, 0.4) is 0 Å². The first kappa shape index (κ1) is 21.1. The highest BCUT2D eigenvalue weighted by atomic mass is 16.5. The maximum absolute atomic E-state index is 13.0. The van der Waals surface area contributed by atoms with Crippen molar-refractivity contribution >= 4 is 22.7 Å². The zero-order valence-electron chi connectivity index (χ0n) is 19.2. The number of benzene rings is 2. The topological polar surface area (TPSA) is 75.4 Å². The van der Waals surface area contributed by atoms with Gasteiger partial charge >= 0.3 is 0 Å². The van der Waals surface area contributed by atoms with Gasteiger partial charge in [0.2, 0.25) is 5.91 Å². The number of nitrogens with zero attached hydrogens (tertiary/aromatic N) is 5. The third-order valence-electron chi connectivity index (χ3n) is 6.16. The summed E-state index contributed by atoms with van der Waals surface area (Å²) in [4.78, 5) is 26.4. The molecule has 0 saturated carbocycles. The Morgan fingerprint density at radius 1 is 0.970 bits per heavy atom. The molecule has 1 fully saturated rings. The second-order valence-electron chi connectivity index (χ2n) is 8.65. The average molecular weight is 442 g/mol. The van der Waals surface area contributed by atoms with Crippen LogP contribution in [0.5, 0.6) is 0 Å². The van der Waals surface area contributed by atoms with E-state index in [1.54, 1.807) is 0 Å². The van der Waals surface area contributed by atoms with Crippen LogP contribution < -0.4 is 4.90 Å². The molecule has 3 heterocycles. The van der Waals surface area contributed by atoms with E-state index < -0.39 is 0 Å². The lowest BCUT2D eigenvalue weighted by atomic mass is 10.0. The van der Waals surface area contributed by atoms with Gasteiger partial charge in [-0.15, -0.1) is 0 Å². The van der Waals surface area contributed by atoms with Gasteiger partial charge in [-0.2, -0.15) is 0 Å². The van der Waals surface area contributed by atoms with Gasteiger partial charge in [-0.1, -0.05) is 41.6 Å². The molecule has 0 bridgehead atoms. The molecule has 0 N–H and O–H groups in total. The van der Waals surface area contributed by atoms with Gasteiger partial charge in [0.15, 0.2) is 5.58 Å². The summed E-state index contributed by atoms with van der Waals surface area (Å²) in [6.07, 6.45) is 0.252. The molecule has 1 aliphatic rings. The van der Waals surface area contributed by atoms with Crippen molar-refractivity contribution in [2.75, 3.05) is 31.1 Å².